The zero-order chi connectivity index (χ0) is 28.3. The lowest BCUT2D eigenvalue weighted by molar-refractivity contribution is 0.0487. The Morgan fingerprint density at radius 2 is 1.90 bits per heavy atom. The molecule has 2 aromatic rings. The number of rotatable bonds is 8. The molecule has 0 unspecified atom stereocenters. The van der Waals surface area contributed by atoms with E-state index >= 15 is 0 Å². The lowest BCUT2D eigenvalue weighted by Gasteiger charge is -2.47. The molecule has 2 fully saturated rings. The third-order valence-corrected chi connectivity index (χ3v) is 7.64. The molecule has 0 spiro atoms. The third-order valence-electron chi connectivity index (χ3n) is 7.38. The van der Waals surface area contributed by atoms with Crippen molar-refractivity contribution >= 4 is 34.8 Å². The van der Waals surface area contributed by atoms with Gasteiger partial charge >= 0.3 is 0 Å². The number of carbonyl (C=O) groups excluding carboxylic acids is 1. The minimum absolute atomic E-state index is 0.0665. The summed E-state index contributed by atoms with van der Waals surface area (Å²) in [4.78, 5) is 27.7. The van der Waals surface area contributed by atoms with Crippen molar-refractivity contribution in [3.05, 3.63) is 52.6 Å². The van der Waals surface area contributed by atoms with Gasteiger partial charge in [0, 0.05) is 51.4 Å². The molecule has 3 heterocycles. The van der Waals surface area contributed by atoms with E-state index in [2.05, 4.69) is 38.6 Å². The smallest absolute Gasteiger partial charge is 0.256 e. The van der Waals surface area contributed by atoms with Crippen LogP contribution in [0.1, 0.15) is 42.2 Å². The molecule has 4 rings (SSSR count). The highest BCUT2D eigenvalue weighted by atomic mass is 35.5. The number of amides is 1. The number of piperidine rings is 1. The van der Waals surface area contributed by atoms with E-state index < -0.39 is 28.9 Å². The van der Waals surface area contributed by atoms with Gasteiger partial charge in [-0.05, 0) is 31.4 Å². The molecular weight excluding hydrogens is 535 g/mol. The van der Waals surface area contributed by atoms with Gasteiger partial charge in [0.25, 0.3) is 5.91 Å². The summed E-state index contributed by atoms with van der Waals surface area (Å²) in [5.74, 6) is -4.35. The zero-order valence-electron chi connectivity index (χ0n) is 21.8. The predicted octanol–water partition coefficient (Wildman–Crippen LogP) is 2.89. The normalized spacial score (nSPS) is 18.9. The molecule has 1 aromatic carbocycles. The van der Waals surface area contributed by atoms with Crippen molar-refractivity contribution in [3.63, 3.8) is 0 Å². The van der Waals surface area contributed by atoms with Crippen LogP contribution in [0.3, 0.4) is 0 Å². The first-order chi connectivity index (χ1) is 18.7. The van der Waals surface area contributed by atoms with Crippen molar-refractivity contribution in [2.45, 2.75) is 38.3 Å². The number of nitrogens with one attached hydrogen (secondary N) is 1. The van der Waals surface area contributed by atoms with Gasteiger partial charge in [-0.15, -0.1) is 0 Å². The molecule has 0 radical (unpaired) electrons. The maximum atomic E-state index is 14.2. The summed E-state index contributed by atoms with van der Waals surface area (Å²) >= 11 is 6.50. The molecular formula is C26H33ClF3N7O2. The van der Waals surface area contributed by atoms with Gasteiger partial charge in [0.15, 0.2) is 34.2 Å². The fourth-order valence-electron chi connectivity index (χ4n) is 5.30. The Bertz CT molecular complexity index is 1230. The number of aliphatic hydroxyl groups excluding tert-OH is 1. The van der Waals surface area contributed by atoms with Crippen LogP contribution >= 0.6 is 11.6 Å². The Hall–Kier alpha value is -3.09. The molecule has 0 aliphatic carbocycles. The highest BCUT2D eigenvalue weighted by Crippen LogP contribution is 2.31. The minimum atomic E-state index is -1.64. The number of anilines is 2. The van der Waals surface area contributed by atoms with Crippen LogP contribution < -0.4 is 16.0 Å². The van der Waals surface area contributed by atoms with Crippen LogP contribution in [0.2, 0.25) is 5.15 Å². The van der Waals surface area contributed by atoms with Gasteiger partial charge in [0.2, 0.25) is 0 Å². The summed E-state index contributed by atoms with van der Waals surface area (Å²) in [6.45, 7) is 9.04. The Kier molecular flexibility index (Phi) is 9.19. The molecule has 2 aliphatic rings. The molecule has 1 atom stereocenters. The number of aromatic nitrogens is 2. The van der Waals surface area contributed by atoms with Crippen molar-refractivity contribution in [2.24, 2.45) is 0 Å². The number of carbonyl (C=O) groups is 1. The number of halogens is 4. The molecule has 39 heavy (non-hydrogen) atoms. The van der Waals surface area contributed by atoms with E-state index in [4.69, 9.17) is 22.4 Å². The van der Waals surface area contributed by atoms with Gasteiger partial charge in [-0.3, -0.25) is 9.69 Å². The van der Waals surface area contributed by atoms with Crippen molar-refractivity contribution in [3.8, 4) is 0 Å². The van der Waals surface area contributed by atoms with Gasteiger partial charge in [-0.2, -0.15) is 0 Å². The fraction of sp³-hybridized carbons (Fsp3) is 0.500. The molecule has 4 N–H and O–H groups in total. The Morgan fingerprint density at radius 1 is 1.18 bits per heavy atom. The number of aliphatic hydroxyl groups is 1. The maximum Gasteiger partial charge on any atom is 0.256 e. The second-order valence-corrected chi connectivity index (χ2v) is 10.1. The predicted molar refractivity (Wildman–Crippen MR) is 144 cm³/mol. The number of nitrogens with zero attached hydrogens (tertiary/aromatic N) is 5. The summed E-state index contributed by atoms with van der Waals surface area (Å²) in [7, 11) is 0. The van der Waals surface area contributed by atoms with Gasteiger partial charge in [0.05, 0.1) is 17.9 Å². The van der Waals surface area contributed by atoms with Crippen LogP contribution in [0.4, 0.5) is 24.8 Å². The minimum Gasteiger partial charge on any atom is -0.395 e. The maximum absolute atomic E-state index is 14.2. The molecule has 2 aliphatic heterocycles. The number of piperazine rings is 1. The van der Waals surface area contributed by atoms with Crippen LogP contribution in [-0.4, -0.2) is 88.7 Å². The third kappa shape index (κ3) is 6.07. The van der Waals surface area contributed by atoms with Gasteiger partial charge in [0.1, 0.15) is 5.69 Å². The van der Waals surface area contributed by atoms with E-state index in [1.54, 1.807) is 0 Å². The molecule has 1 amide bonds. The van der Waals surface area contributed by atoms with E-state index in [1.807, 2.05) is 0 Å². The monoisotopic (exact) mass is 567 g/mol. The highest BCUT2D eigenvalue weighted by molar-refractivity contribution is 6.31. The number of hydrogen-bond donors (Lipinski definition) is 3. The van der Waals surface area contributed by atoms with Crippen molar-refractivity contribution in [1.82, 2.24) is 25.1 Å². The summed E-state index contributed by atoms with van der Waals surface area (Å²) < 4.78 is 41.1. The van der Waals surface area contributed by atoms with Crippen LogP contribution in [0.15, 0.2) is 18.7 Å². The van der Waals surface area contributed by atoms with E-state index in [0.717, 1.165) is 25.1 Å². The van der Waals surface area contributed by atoms with E-state index in [0.29, 0.717) is 62.8 Å². The van der Waals surface area contributed by atoms with Crippen LogP contribution in [0, 0.1) is 17.5 Å². The van der Waals surface area contributed by atoms with Crippen molar-refractivity contribution < 1.29 is 23.1 Å². The SMILES string of the molecule is C=C(NCCO)c1nc(Cl)c(N2CCN(C3CCN(C(=O)c4ccc(F)c(F)c4F)CC3)[C@@H](CC)C2)nc1N. The summed E-state index contributed by atoms with van der Waals surface area (Å²) in [6, 6.07) is 2.16. The summed E-state index contributed by atoms with van der Waals surface area (Å²) in [5.41, 5.74) is 6.47. The summed E-state index contributed by atoms with van der Waals surface area (Å²) in [5, 5.41) is 12.1. The Balaban J connectivity index is 1.39. The zero-order valence-corrected chi connectivity index (χ0v) is 22.5. The first kappa shape index (κ1) is 28.9. The lowest BCUT2D eigenvalue weighted by Crippen LogP contribution is -2.58. The second-order valence-electron chi connectivity index (χ2n) is 9.69. The second kappa shape index (κ2) is 12.4. The van der Waals surface area contributed by atoms with Crippen molar-refractivity contribution in [2.75, 3.05) is 56.5 Å². The van der Waals surface area contributed by atoms with Gasteiger partial charge in [-0.1, -0.05) is 25.1 Å². The van der Waals surface area contributed by atoms with Crippen molar-refractivity contribution in [1.29, 1.82) is 0 Å². The van der Waals surface area contributed by atoms with E-state index in [-0.39, 0.29) is 29.7 Å². The molecule has 2 saturated heterocycles. The highest BCUT2D eigenvalue weighted by Gasteiger charge is 2.36. The lowest BCUT2D eigenvalue weighted by atomic mass is 9.97. The Labute approximate surface area is 230 Å². The quantitative estimate of drug-likeness (QED) is 0.418. The topological polar surface area (TPSA) is 111 Å². The largest absolute Gasteiger partial charge is 0.395 e. The molecule has 9 nitrogen and oxygen atoms in total. The molecule has 13 heteroatoms. The van der Waals surface area contributed by atoms with E-state index in [1.165, 1.54) is 4.90 Å². The molecule has 212 valence electrons. The molecule has 0 saturated carbocycles. The molecule has 1 aromatic heterocycles. The number of nitrogen functional groups attached to an aromatic ring is 1. The fourth-order valence-corrected chi connectivity index (χ4v) is 5.55. The average Bonchev–Trinajstić information content (AvgIpc) is 2.95. The standard InChI is InChI=1S/C26H33ClF3N7O2/c1-3-16-14-36(25-23(27)33-22(24(31)34-25)15(2)32-8-13-38)11-12-37(16)17-6-9-35(10-7-17)26(39)18-4-5-19(28)21(30)20(18)29/h4-5,16-17,32,38H,2-3,6-14H2,1H3,(H2,31,34)/t16-/m0/s1. The average molecular weight is 568 g/mol. The van der Waals surface area contributed by atoms with Gasteiger partial charge in [-0.25, -0.2) is 23.1 Å². The van der Waals surface area contributed by atoms with E-state index in [9.17, 15) is 18.0 Å². The van der Waals surface area contributed by atoms with Crippen LogP contribution in [0.5, 0.6) is 0 Å². The number of likely N-dealkylation sites (tertiary alicyclic amines) is 1. The number of nitrogens with two attached hydrogens (primary N) is 1. The molecule has 0 bridgehead atoms. The Morgan fingerprint density at radius 3 is 2.56 bits per heavy atom. The number of benzene rings is 1. The van der Waals surface area contributed by atoms with Gasteiger partial charge < -0.3 is 26.0 Å². The first-order valence-electron chi connectivity index (χ1n) is 13.0. The first-order valence-corrected chi connectivity index (χ1v) is 13.3. The van der Waals surface area contributed by atoms with Crippen LogP contribution in [0.25, 0.3) is 5.70 Å². The number of hydrogen-bond acceptors (Lipinski definition) is 8. The summed E-state index contributed by atoms with van der Waals surface area (Å²) in [6.07, 6.45) is 2.23. The van der Waals surface area contributed by atoms with Crippen LogP contribution in [-0.2, 0) is 0 Å².